The third kappa shape index (κ3) is 3.28. The molecule has 0 saturated carbocycles. The van der Waals surface area contributed by atoms with Gasteiger partial charge in [-0.25, -0.2) is 15.0 Å². The normalized spacial score (nSPS) is 11.4. The number of nitrogens with one attached hydrogen (secondary N) is 2. The maximum atomic E-state index is 5.96. The van der Waals surface area contributed by atoms with Gasteiger partial charge in [0, 0.05) is 18.1 Å². The molecule has 27 heavy (non-hydrogen) atoms. The van der Waals surface area contributed by atoms with Gasteiger partial charge in [-0.15, -0.1) is 0 Å². The van der Waals surface area contributed by atoms with E-state index in [1.807, 2.05) is 12.1 Å². The molecule has 138 valence electrons. The number of aromatic nitrogens is 4. The molecule has 0 bridgehead atoms. The van der Waals surface area contributed by atoms with Crippen molar-refractivity contribution in [3.8, 4) is 5.75 Å². The minimum atomic E-state index is 0.399. The molecule has 0 spiro atoms. The van der Waals surface area contributed by atoms with Crippen molar-refractivity contribution in [1.82, 2.24) is 19.9 Å². The summed E-state index contributed by atoms with van der Waals surface area (Å²) in [5, 5.41) is 4.94. The number of methoxy groups -OCH3 is 1. The zero-order valence-corrected chi connectivity index (χ0v) is 16.1. The monoisotopic (exact) mass is 381 g/mol. The SMILES string of the molecule is COc1ccc(CNc2cnc3ccc(Cl)nc3n2)c2c(C(C)C)c[nH]c12. The van der Waals surface area contributed by atoms with Crippen LogP contribution in [0.4, 0.5) is 5.82 Å². The van der Waals surface area contributed by atoms with Crippen molar-refractivity contribution < 1.29 is 4.74 Å². The first kappa shape index (κ1) is 17.5. The maximum absolute atomic E-state index is 5.96. The molecule has 3 aromatic heterocycles. The number of halogens is 1. The number of hydrogen-bond donors (Lipinski definition) is 2. The Bertz CT molecular complexity index is 1120. The van der Waals surface area contributed by atoms with Gasteiger partial charge in [-0.2, -0.15) is 0 Å². The van der Waals surface area contributed by atoms with E-state index in [4.69, 9.17) is 16.3 Å². The first-order valence-corrected chi connectivity index (χ1v) is 9.14. The van der Waals surface area contributed by atoms with Crippen molar-refractivity contribution in [1.29, 1.82) is 0 Å². The van der Waals surface area contributed by atoms with Gasteiger partial charge in [0.05, 0.1) is 18.8 Å². The Morgan fingerprint density at radius 3 is 2.81 bits per heavy atom. The average molecular weight is 382 g/mol. The van der Waals surface area contributed by atoms with E-state index in [-0.39, 0.29) is 0 Å². The Labute approximate surface area is 162 Å². The van der Waals surface area contributed by atoms with Crippen LogP contribution in [-0.4, -0.2) is 27.0 Å². The highest BCUT2D eigenvalue weighted by atomic mass is 35.5. The van der Waals surface area contributed by atoms with E-state index in [2.05, 4.69) is 51.4 Å². The predicted molar refractivity (Wildman–Crippen MR) is 109 cm³/mol. The van der Waals surface area contributed by atoms with Gasteiger partial charge in [-0.05, 0) is 35.2 Å². The second-order valence-corrected chi connectivity index (χ2v) is 7.05. The number of H-pyrrole nitrogens is 1. The summed E-state index contributed by atoms with van der Waals surface area (Å²) in [5.41, 5.74) is 4.68. The molecule has 0 amide bonds. The lowest BCUT2D eigenvalue weighted by Crippen LogP contribution is -2.04. The van der Waals surface area contributed by atoms with E-state index in [0.717, 1.165) is 16.8 Å². The van der Waals surface area contributed by atoms with Gasteiger partial charge < -0.3 is 15.0 Å². The Balaban J connectivity index is 1.68. The van der Waals surface area contributed by atoms with Crippen LogP contribution in [-0.2, 0) is 6.54 Å². The number of benzene rings is 1. The summed E-state index contributed by atoms with van der Waals surface area (Å²) in [7, 11) is 1.69. The van der Waals surface area contributed by atoms with Crippen molar-refractivity contribution >= 4 is 39.5 Å². The van der Waals surface area contributed by atoms with Gasteiger partial charge in [-0.1, -0.05) is 31.5 Å². The summed E-state index contributed by atoms with van der Waals surface area (Å²) in [6.07, 6.45) is 3.77. The molecule has 0 fully saturated rings. The van der Waals surface area contributed by atoms with E-state index < -0.39 is 0 Å². The third-order valence-corrected chi connectivity index (χ3v) is 4.80. The lowest BCUT2D eigenvalue weighted by atomic mass is 9.98. The smallest absolute Gasteiger partial charge is 0.181 e. The van der Waals surface area contributed by atoms with Crippen LogP contribution in [0.25, 0.3) is 22.1 Å². The number of pyridine rings is 1. The van der Waals surface area contributed by atoms with Crippen LogP contribution in [0.1, 0.15) is 30.9 Å². The minimum Gasteiger partial charge on any atom is -0.495 e. The summed E-state index contributed by atoms with van der Waals surface area (Å²) in [5.74, 6) is 1.89. The molecule has 3 heterocycles. The number of ether oxygens (including phenoxy) is 1. The number of fused-ring (bicyclic) bond motifs is 2. The summed E-state index contributed by atoms with van der Waals surface area (Å²) < 4.78 is 5.50. The largest absolute Gasteiger partial charge is 0.495 e. The Morgan fingerprint density at radius 1 is 1.19 bits per heavy atom. The lowest BCUT2D eigenvalue weighted by molar-refractivity contribution is 0.419. The number of rotatable bonds is 5. The van der Waals surface area contributed by atoms with E-state index in [1.165, 1.54) is 10.9 Å². The first-order valence-electron chi connectivity index (χ1n) is 8.77. The van der Waals surface area contributed by atoms with E-state index >= 15 is 0 Å². The Morgan fingerprint density at radius 2 is 2.04 bits per heavy atom. The molecule has 7 heteroatoms. The average Bonchev–Trinajstić information content (AvgIpc) is 3.11. The Kier molecular flexibility index (Phi) is 4.58. The quantitative estimate of drug-likeness (QED) is 0.481. The van der Waals surface area contributed by atoms with Crippen LogP contribution in [0.5, 0.6) is 5.75 Å². The van der Waals surface area contributed by atoms with Crippen LogP contribution in [0, 0.1) is 0 Å². The standard InChI is InChI=1S/C20H20ClN5O/c1-11(2)13-9-24-19-15(27-3)6-4-12(18(13)19)8-23-17-10-22-14-5-7-16(21)25-20(14)26-17/h4-7,9-11,24H,8H2,1-3H3,(H,23,25,26). The van der Waals surface area contributed by atoms with Gasteiger partial charge in [-0.3, -0.25) is 0 Å². The topological polar surface area (TPSA) is 75.7 Å². The van der Waals surface area contributed by atoms with Gasteiger partial charge in [0.1, 0.15) is 22.2 Å². The van der Waals surface area contributed by atoms with Crippen LogP contribution in [0.15, 0.2) is 36.7 Å². The second kappa shape index (κ2) is 7.04. The summed E-state index contributed by atoms with van der Waals surface area (Å²) in [6, 6.07) is 7.58. The number of anilines is 1. The van der Waals surface area contributed by atoms with Crippen molar-refractivity contribution in [3.63, 3.8) is 0 Å². The van der Waals surface area contributed by atoms with Crippen molar-refractivity contribution in [2.75, 3.05) is 12.4 Å². The molecule has 0 radical (unpaired) electrons. The van der Waals surface area contributed by atoms with E-state index in [0.29, 0.717) is 34.6 Å². The molecule has 0 unspecified atom stereocenters. The van der Waals surface area contributed by atoms with Crippen LogP contribution in [0.2, 0.25) is 5.15 Å². The van der Waals surface area contributed by atoms with Crippen molar-refractivity contribution in [2.24, 2.45) is 0 Å². The van der Waals surface area contributed by atoms with Crippen LogP contribution < -0.4 is 10.1 Å². The summed E-state index contributed by atoms with van der Waals surface area (Å²) >= 11 is 5.96. The molecule has 0 atom stereocenters. The minimum absolute atomic E-state index is 0.399. The molecule has 6 nitrogen and oxygen atoms in total. The Hall–Kier alpha value is -2.86. The summed E-state index contributed by atoms with van der Waals surface area (Å²) in [4.78, 5) is 16.5. The number of nitrogens with zero attached hydrogens (tertiary/aromatic N) is 3. The summed E-state index contributed by atoms with van der Waals surface area (Å²) in [6.45, 7) is 4.98. The number of aromatic amines is 1. The molecule has 4 aromatic rings. The molecule has 0 aliphatic rings. The van der Waals surface area contributed by atoms with Crippen molar-refractivity contribution in [3.05, 3.63) is 52.9 Å². The second-order valence-electron chi connectivity index (χ2n) is 6.66. The molecule has 2 N–H and O–H groups in total. The van der Waals surface area contributed by atoms with Crippen LogP contribution >= 0.6 is 11.6 Å². The molecule has 0 aliphatic carbocycles. The van der Waals surface area contributed by atoms with Crippen LogP contribution in [0.3, 0.4) is 0 Å². The highest BCUT2D eigenvalue weighted by Gasteiger charge is 2.15. The van der Waals surface area contributed by atoms with Gasteiger partial charge in [0.15, 0.2) is 5.65 Å². The van der Waals surface area contributed by atoms with Gasteiger partial charge in [0.25, 0.3) is 0 Å². The van der Waals surface area contributed by atoms with E-state index in [9.17, 15) is 0 Å². The van der Waals surface area contributed by atoms with Gasteiger partial charge in [0.2, 0.25) is 0 Å². The van der Waals surface area contributed by atoms with Gasteiger partial charge >= 0.3 is 0 Å². The zero-order valence-electron chi connectivity index (χ0n) is 15.4. The highest BCUT2D eigenvalue weighted by molar-refractivity contribution is 6.29. The van der Waals surface area contributed by atoms with E-state index in [1.54, 1.807) is 19.4 Å². The molecular formula is C20H20ClN5O. The molecule has 0 saturated heterocycles. The maximum Gasteiger partial charge on any atom is 0.181 e. The molecule has 0 aliphatic heterocycles. The fraction of sp³-hybridized carbons (Fsp3) is 0.250. The molecular weight excluding hydrogens is 362 g/mol. The fourth-order valence-electron chi connectivity index (χ4n) is 3.24. The highest BCUT2D eigenvalue weighted by Crippen LogP contribution is 2.34. The number of hydrogen-bond acceptors (Lipinski definition) is 5. The zero-order chi connectivity index (χ0) is 19.0. The molecule has 1 aromatic carbocycles. The lowest BCUT2D eigenvalue weighted by Gasteiger charge is -2.12. The fourth-order valence-corrected chi connectivity index (χ4v) is 3.38. The van der Waals surface area contributed by atoms with Crippen molar-refractivity contribution in [2.45, 2.75) is 26.3 Å². The third-order valence-electron chi connectivity index (χ3n) is 4.59. The molecule has 4 rings (SSSR count). The predicted octanol–water partition coefficient (Wildman–Crippen LogP) is 4.90. The first-order chi connectivity index (χ1) is 13.1.